The Kier molecular flexibility index (Phi) is 3.80. The van der Waals surface area contributed by atoms with E-state index in [1.165, 1.54) is 29.1 Å². The summed E-state index contributed by atoms with van der Waals surface area (Å²) in [5.41, 5.74) is 1.22. The predicted octanol–water partition coefficient (Wildman–Crippen LogP) is 2.15. The molecule has 0 bridgehead atoms. The van der Waals surface area contributed by atoms with Crippen LogP contribution in [0.25, 0.3) is 10.9 Å². The van der Waals surface area contributed by atoms with Crippen LogP contribution in [0.4, 0.5) is 0 Å². The standard InChI is InChI=1S/C17H14N2O4/c1-23-13-5-2-11(3-6-13)9-19-10-18-15-8-12(17(21)22)4-7-14(15)16(19)20/h2-8,10H,9H2,1H3,(H,21,22). The van der Waals surface area contributed by atoms with Crippen molar-refractivity contribution in [2.24, 2.45) is 0 Å². The number of carboxylic acid groups (broad SMARTS) is 1. The summed E-state index contributed by atoms with van der Waals surface area (Å²) in [5, 5.41) is 9.38. The largest absolute Gasteiger partial charge is 0.497 e. The predicted molar refractivity (Wildman–Crippen MR) is 85.1 cm³/mol. The average molecular weight is 310 g/mol. The summed E-state index contributed by atoms with van der Waals surface area (Å²) >= 11 is 0. The molecule has 1 N–H and O–H groups in total. The van der Waals surface area contributed by atoms with Gasteiger partial charge < -0.3 is 9.84 Å². The van der Waals surface area contributed by atoms with Crippen molar-refractivity contribution in [2.45, 2.75) is 6.54 Å². The van der Waals surface area contributed by atoms with Gasteiger partial charge in [-0.05, 0) is 35.9 Å². The number of carbonyl (C=O) groups is 1. The molecule has 1 aromatic heterocycles. The molecule has 0 amide bonds. The van der Waals surface area contributed by atoms with Gasteiger partial charge >= 0.3 is 5.97 Å². The number of hydrogen-bond acceptors (Lipinski definition) is 4. The highest BCUT2D eigenvalue weighted by Gasteiger charge is 2.09. The average Bonchev–Trinajstić information content (AvgIpc) is 2.57. The molecule has 0 radical (unpaired) electrons. The molecule has 0 aliphatic carbocycles. The fourth-order valence-corrected chi connectivity index (χ4v) is 2.33. The third-order valence-electron chi connectivity index (χ3n) is 3.58. The molecule has 1 heterocycles. The number of nitrogens with zero attached hydrogens (tertiary/aromatic N) is 2. The maximum Gasteiger partial charge on any atom is 0.335 e. The number of ether oxygens (including phenoxy) is 1. The lowest BCUT2D eigenvalue weighted by atomic mass is 10.1. The Labute approximate surface area is 131 Å². The molecular weight excluding hydrogens is 296 g/mol. The minimum Gasteiger partial charge on any atom is -0.497 e. The Morgan fingerprint density at radius 2 is 1.96 bits per heavy atom. The number of rotatable bonds is 4. The van der Waals surface area contributed by atoms with E-state index in [9.17, 15) is 9.59 Å². The normalized spacial score (nSPS) is 10.7. The number of aromatic nitrogens is 2. The van der Waals surface area contributed by atoms with E-state index < -0.39 is 5.97 Å². The van der Waals surface area contributed by atoms with Gasteiger partial charge in [-0.1, -0.05) is 12.1 Å². The van der Waals surface area contributed by atoms with Crippen molar-refractivity contribution >= 4 is 16.9 Å². The van der Waals surface area contributed by atoms with Crippen LogP contribution in [0.5, 0.6) is 5.75 Å². The molecule has 0 aliphatic rings. The summed E-state index contributed by atoms with van der Waals surface area (Å²) in [6.45, 7) is 0.381. The number of fused-ring (bicyclic) bond motifs is 1. The van der Waals surface area contributed by atoms with Crippen LogP contribution in [-0.2, 0) is 6.54 Å². The second-order valence-corrected chi connectivity index (χ2v) is 5.06. The van der Waals surface area contributed by atoms with Gasteiger partial charge in [0.2, 0.25) is 0 Å². The zero-order valence-electron chi connectivity index (χ0n) is 12.4. The second kappa shape index (κ2) is 5.92. The lowest BCUT2D eigenvalue weighted by molar-refractivity contribution is 0.0697. The minimum absolute atomic E-state index is 0.109. The van der Waals surface area contributed by atoms with Crippen molar-refractivity contribution in [3.8, 4) is 5.75 Å². The van der Waals surface area contributed by atoms with Gasteiger partial charge in [-0.25, -0.2) is 9.78 Å². The van der Waals surface area contributed by atoms with Gasteiger partial charge in [0.25, 0.3) is 5.56 Å². The number of benzene rings is 2. The Hall–Kier alpha value is -3.15. The van der Waals surface area contributed by atoms with Crippen molar-refractivity contribution in [2.75, 3.05) is 7.11 Å². The Bertz CT molecular complexity index is 929. The second-order valence-electron chi connectivity index (χ2n) is 5.06. The molecule has 0 unspecified atom stereocenters. The summed E-state index contributed by atoms with van der Waals surface area (Å²) < 4.78 is 6.59. The zero-order valence-corrected chi connectivity index (χ0v) is 12.4. The van der Waals surface area contributed by atoms with Gasteiger partial charge in [-0.3, -0.25) is 9.36 Å². The third-order valence-corrected chi connectivity index (χ3v) is 3.58. The molecule has 3 aromatic rings. The molecule has 23 heavy (non-hydrogen) atoms. The van der Waals surface area contributed by atoms with Crippen molar-refractivity contribution in [3.63, 3.8) is 0 Å². The summed E-state index contributed by atoms with van der Waals surface area (Å²) in [6, 6.07) is 11.7. The topological polar surface area (TPSA) is 81.4 Å². The first-order chi connectivity index (χ1) is 11.1. The molecule has 0 aliphatic heterocycles. The van der Waals surface area contributed by atoms with Crippen LogP contribution in [-0.4, -0.2) is 27.7 Å². The van der Waals surface area contributed by atoms with E-state index in [4.69, 9.17) is 9.84 Å². The van der Waals surface area contributed by atoms with Crippen LogP contribution in [0, 0.1) is 0 Å². The van der Waals surface area contributed by atoms with Gasteiger partial charge in [0.05, 0.1) is 36.4 Å². The molecule has 116 valence electrons. The number of carboxylic acids is 1. The highest BCUT2D eigenvalue weighted by Crippen LogP contribution is 2.13. The molecule has 0 saturated carbocycles. The number of methoxy groups -OCH3 is 1. The van der Waals surface area contributed by atoms with E-state index in [-0.39, 0.29) is 11.1 Å². The fraction of sp³-hybridized carbons (Fsp3) is 0.118. The number of aromatic carboxylic acids is 1. The monoisotopic (exact) mass is 310 g/mol. The highest BCUT2D eigenvalue weighted by molar-refractivity contribution is 5.92. The van der Waals surface area contributed by atoms with Crippen LogP contribution < -0.4 is 10.3 Å². The summed E-state index contributed by atoms with van der Waals surface area (Å²) in [6.07, 6.45) is 1.43. The van der Waals surface area contributed by atoms with Crippen molar-refractivity contribution in [1.82, 2.24) is 9.55 Å². The van der Waals surface area contributed by atoms with Crippen molar-refractivity contribution in [3.05, 3.63) is 70.3 Å². The molecular formula is C17H14N2O4. The van der Waals surface area contributed by atoms with E-state index in [0.717, 1.165) is 11.3 Å². The van der Waals surface area contributed by atoms with E-state index in [1.807, 2.05) is 24.3 Å². The zero-order chi connectivity index (χ0) is 16.4. The first-order valence-electron chi connectivity index (χ1n) is 6.94. The smallest absolute Gasteiger partial charge is 0.335 e. The van der Waals surface area contributed by atoms with E-state index >= 15 is 0 Å². The van der Waals surface area contributed by atoms with E-state index in [1.54, 1.807) is 7.11 Å². The summed E-state index contributed by atoms with van der Waals surface area (Å²) in [7, 11) is 1.60. The van der Waals surface area contributed by atoms with Crippen LogP contribution in [0.15, 0.2) is 53.6 Å². The highest BCUT2D eigenvalue weighted by atomic mass is 16.5. The van der Waals surface area contributed by atoms with Gasteiger partial charge in [0, 0.05) is 0 Å². The SMILES string of the molecule is COc1ccc(Cn2cnc3cc(C(=O)O)ccc3c2=O)cc1. The van der Waals surface area contributed by atoms with Crippen LogP contribution in [0.1, 0.15) is 15.9 Å². The molecule has 0 fully saturated rings. The summed E-state index contributed by atoms with van der Waals surface area (Å²) in [4.78, 5) is 27.6. The van der Waals surface area contributed by atoms with E-state index in [2.05, 4.69) is 4.98 Å². The Morgan fingerprint density at radius 3 is 2.61 bits per heavy atom. The Balaban J connectivity index is 1.98. The number of hydrogen-bond donors (Lipinski definition) is 1. The van der Waals surface area contributed by atoms with Crippen LogP contribution >= 0.6 is 0 Å². The van der Waals surface area contributed by atoms with Crippen LogP contribution in [0.2, 0.25) is 0 Å². The first-order valence-corrected chi connectivity index (χ1v) is 6.94. The molecule has 0 saturated heterocycles. The minimum atomic E-state index is -1.05. The van der Waals surface area contributed by atoms with Gasteiger partial charge in [0.15, 0.2) is 0 Å². The van der Waals surface area contributed by atoms with E-state index in [0.29, 0.717) is 17.4 Å². The lowest BCUT2D eigenvalue weighted by Crippen LogP contribution is -2.21. The quantitative estimate of drug-likeness (QED) is 0.798. The molecule has 0 atom stereocenters. The maximum absolute atomic E-state index is 12.5. The molecule has 2 aromatic carbocycles. The van der Waals surface area contributed by atoms with Crippen LogP contribution in [0.3, 0.4) is 0 Å². The van der Waals surface area contributed by atoms with Crippen molar-refractivity contribution < 1.29 is 14.6 Å². The Morgan fingerprint density at radius 1 is 1.22 bits per heavy atom. The van der Waals surface area contributed by atoms with Gasteiger partial charge in [-0.2, -0.15) is 0 Å². The molecule has 6 nitrogen and oxygen atoms in total. The molecule has 0 spiro atoms. The molecule has 3 rings (SSSR count). The lowest BCUT2D eigenvalue weighted by Gasteiger charge is -2.08. The maximum atomic E-state index is 12.5. The first kappa shape index (κ1) is 14.8. The molecule has 6 heteroatoms. The van der Waals surface area contributed by atoms with Gasteiger partial charge in [0.1, 0.15) is 5.75 Å². The fourth-order valence-electron chi connectivity index (χ4n) is 2.33. The third kappa shape index (κ3) is 2.91. The van der Waals surface area contributed by atoms with Crippen molar-refractivity contribution in [1.29, 1.82) is 0 Å². The summed E-state index contributed by atoms with van der Waals surface area (Å²) in [5.74, 6) is -0.296. The van der Waals surface area contributed by atoms with Gasteiger partial charge in [-0.15, -0.1) is 0 Å².